The monoisotopic (exact) mass is 324 g/mol. The van der Waals surface area contributed by atoms with Crippen molar-refractivity contribution in [2.75, 3.05) is 45.9 Å². The molecular weight excluding hydrogens is 296 g/mol. The molecule has 1 saturated heterocycles. The first-order valence-electron chi connectivity index (χ1n) is 8.10. The van der Waals surface area contributed by atoms with Gasteiger partial charge in [-0.15, -0.1) is 6.58 Å². The first kappa shape index (κ1) is 17.6. The minimum atomic E-state index is -0.277. The zero-order chi connectivity index (χ0) is 15.6. The maximum Gasteiger partial charge on any atom is 0.0670 e. The minimum absolute atomic E-state index is 0.277. The van der Waals surface area contributed by atoms with Gasteiger partial charge in [0.25, 0.3) is 0 Å². The fraction of sp³-hybridized carbons (Fsp3) is 0.647. The van der Waals surface area contributed by atoms with Crippen LogP contribution in [0.2, 0.25) is 0 Å². The van der Waals surface area contributed by atoms with E-state index >= 15 is 0 Å². The van der Waals surface area contributed by atoms with E-state index in [0.29, 0.717) is 0 Å². The number of allylic oxidation sites excluding steroid dienone is 1. The lowest BCUT2D eigenvalue weighted by Gasteiger charge is -2.30. The molecule has 1 N–H and O–H groups in total. The summed E-state index contributed by atoms with van der Waals surface area (Å²) in [4.78, 5) is 4.81. The molecule has 1 aromatic heterocycles. The highest BCUT2D eigenvalue weighted by Crippen LogP contribution is 2.11. The summed E-state index contributed by atoms with van der Waals surface area (Å²) in [6.45, 7) is 11.1. The van der Waals surface area contributed by atoms with Crippen molar-refractivity contribution in [3.63, 3.8) is 0 Å². The molecule has 4 nitrogen and oxygen atoms in total. The second-order valence-electron chi connectivity index (χ2n) is 5.84. The standard InChI is InChI=1S/C17H28N2O2S/c1-2-3-4-17(20)14-19(13-16-5-12-22-15-16)7-6-18-8-10-21-11-9-18/h2,5,12,15,17,20H,1,3-4,6-11,13-14H2. The summed E-state index contributed by atoms with van der Waals surface area (Å²) >= 11 is 1.73. The lowest BCUT2D eigenvalue weighted by atomic mass is 10.1. The Labute approximate surface area is 138 Å². The first-order chi connectivity index (χ1) is 10.8. The highest BCUT2D eigenvalue weighted by atomic mass is 32.1. The zero-order valence-electron chi connectivity index (χ0n) is 13.3. The Morgan fingerprint density at radius 2 is 2.27 bits per heavy atom. The molecule has 1 aromatic rings. The van der Waals surface area contributed by atoms with E-state index in [1.165, 1.54) is 5.56 Å². The van der Waals surface area contributed by atoms with Crippen LogP contribution < -0.4 is 0 Å². The van der Waals surface area contributed by atoms with Crippen molar-refractivity contribution in [1.29, 1.82) is 0 Å². The van der Waals surface area contributed by atoms with Crippen molar-refractivity contribution >= 4 is 11.3 Å². The Balaban J connectivity index is 1.81. The molecule has 1 aliphatic heterocycles. The minimum Gasteiger partial charge on any atom is -0.392 e. The van der Waals surface area contributed by atoms with Crippen LogP contribution >= 0.6 is 11.3 Å². The summed E-state index contributed by atoms with van der Waals surface area (Å²) < 4.78 is 5.40. The molecule has 0 aromatic carbocycles. The summed E-state index contributed by atoms with van der Waals surface area (Å²) in [6.07, 6.45) is 3.26. The van der Waals surface area contributed by atoms with Crippen LogP contribution in [-0.4, -0.2) is 66.9 Å². The van der Waals surface area contributed by atoms with E-state index in [-0.39, 0.29) is 6.10 Å². The Morgan fingerprint density at radius 3 is 2.95 bits per heavy atom. The van der Waals surface area contributed by atoms with Crippen LogP contribution in [-0.2, 0) is 11.3 Å². The Hall–Kier alpha value is -0.720. The third-order valence-electron chi connectivity index (χ3n) is 4.00. The van der Waals surface area contributed by atoms with Crippen LogP contribution in [0.4, 0.5) is 0 Å². The normalized spacial score (nSPS) is 17.7. The van der Waals surface area contributed by atoms with Crippen LogP contribution in [0.25, 0.3) is 0 Å². The van der Waals surface area contributed by atoms with Crippen molar-refractivity contribution in [2.45, 2.75) is 25.5 Å². The second kappa shape index (κ2) is 10.1. The molecule has 0 bridgehead atoms. The molecule has 0 amide bonds. The lowest BCUT2D eigenvalue weighted by Crippen LogP contribution is -2.42. The number of morpholine rings is 1. The number of hydrogen-bond donors (Lipinski definition) is 1. The van der Waals surface area contributed by atoms with Gasteiger partial charge in [0, 0.05) is 39.3 Å². The van der Waals surface area contributed by atoms with Crippen molar-refractivity contribution < 1.29 is 9.84 Å². The number of thiophene rings is 1. The summed E-state index contributed by atoms with van der Waals surface area (Å²) in [5.41, 5.74) is 1.34. The largest absolute Gasteiger partial charge is 0.392 e. The maximum atomic E-state index is 10.2. The van der Waals surface area contributed by atoms with E-state index in [4.69, 9.17) is 4.74 Å². The van der Waals surface area contributed by atoms with Crippen LogP contribution in [0.3, 0.4) is 0 Å². The number of aliphatic hydroxyl groups is 1. The van der Waals surface area contributed by atoms with Gasteiger partial charge in [0.15, 0.2) is 0 Å². The molecule has 2 rings (SSSR count). The van der Waals surface area contributed by atoms with E-state index in [1.807, 2.05) is 6.08 Å². The van der Waals surface area contributed by atoms with Gasteiger partial charge >= 0.3 is 0 Å². The van der Waals surface area contributed by atoms with E-state index in [0.717, 1.165) is 65.3 Å². The Kier molecular flexibility index (Phi) is 8.12. The molecule has 1 atom stereocenters. The lowest BCUT2D eigenvalue weighted by molar-refractivity contribution is 0.0288. The third-order valence-corrected chi connectivity index (χ3v) is 4.73. The van der Waals surface area contributed by atoms with E-state index in [1.54, 1.807) is 11.3 Å². The van der Waals surface area contributed by atoms with Gasteiger partial charge in [0.2, 0.25) is 0 Å². The molecule has 1 aliphatic rings. The van der Waals surface area contributed by atoms with Crippen LogP contribution in [0.1, 0.15) is 18.4 Å². The Bertz CT molecular complexity index is 405. The van der Waals surface area contributed by atoms with E-state index in [9.17, 15) is 5.11 Å². The van der Waals surface area contributed by atoms with Gasteiger partial charge in [-0.25, -0.2) is 0 Å². The fourth-order valence-corrected chi connectivity index (χ4v) is 3.34. The predicted molar refractivity (Wildman–Crippen MR) is 92.3 cm³/mol. The summed E-state index contributed by atoms with van der Waals surface area (Å²) in [5, 5.41) is 14.5. The van der Waals surface area contributed by atoms with E-state index in [2.05, 4.69) is 33.2 Å². The average molecular weight is 324 g/mol. The highest BCUT2D eigenvalue weighted by Gasteiger charge is 2.15. The maximum absolute atomic E-state index is 10.2. The molecule has 0 radical (unpaired) electrons. The summed E-state index contributed by atoms with van der Waals surface area (Å²) in [6, 6.07) is 2.17. The van der Waals surface area contributed by atoms with Gasteiger partial charge in [-0.1, -0.05) is 6.08 Å². The van der Waals surface area contributed by atoms with Crippen molar-refractivity contribution in [2.24, 2.45) is 0 Å². The highest BCUT2D eigenvalue weighted by molar-refractivity contribution is 7.07. The molecule has 124 valence electrons. The molecule has 1 fully saturated rings. The summed E-state index contributed by atoms with van der Waals surface area (Å²) in [5.74, 6) is 0. The number of hydrogen-bond acceptors (Lipinski definition) is 5. The SMILES string of the molecule is C=CCCC(O)CN(CCN1CCOCC1)Cc1ccsc1. The Morgan fingerprint density at radius 1 is 1.45 bits per heavy atom. The quantitative estimate of drug-likeness (QED) is 0.670. The van der Waals surface area contributed by atoms with Gasteiger partial charge in [0.1, 0.15) is 0 Å². The van der Waals surface area contributed by atoms with E-state index < -0.39 is 0 Å². The predicted octanol–water partition coefficient (Wildman–Crippen LogP) is 2.21. The second-order valence-corrected chi connectivity index (χ2v) is 6.62. The molecule has 2 heterocycles. The molecule has 0 aliphatic carbocycles. The first-order valence-corrected chi connectivity index (χ1v) is 9.04. The molecule has 1 unspecified atom stereocenters. The molecule has 5 heteroatoms. The number of nitrogens with zero attached hydrogens (tertiary/aromatic N) is 2. The average Bonchev–Trinajstić information content (AvgIpc) is 3.04. The zero-order valence-corrected chi connectivity index (χ0v) is 14.1. The molecule has 22 heavy (non-hydrogen) atoms. The van der Waals surface area contributed by atoms with Crippen LogP contribution in [0.15, 0.2) is 29.5 Å². The van der Waals surface area contributed by atoms with Gasteiger partial charge in [-0.05, 0) is 35.2 Å². The van der Waals surface area contributed by atoms with Gasteiger partial charge in [-0.3, -0.25) is 9.80 Å². The number of rotatable bonds is 10. The smallest absolute Gasteiger partial charge is 0.0670 e. The van der Waals surface area contributed by atoms with Gasteiger partial charge in [-0.2, -0.15) is 11.3 Å². The molecular formula is C17H28N2O2S. The third kappa shape index (κ3) is 6.58. The molecule has 0 saturated carbocycles. The van der Waals surface area contributed by atoms with Crippen LogP contribution in [0, 0.1) is 0 Å². The fourth-order valence-electron chi connectivity index (χ4n) is 2.68. The van der Waals surface area contributed by atoms with Crippen molar-refractivity contribution in [1.82, 2.24) is 9.80 Å². The van der Waals surface area contributed by atoms with Gasteiger partial charge < -0.3 is 9.84 Å². The topological polar surface area (TPSA) is 35.9 Å². The summed E-state index contributed by atoms with van der Waals surface area (Å²) in [7, 11) is 0. The van der Waals surface area contributed by atoms with Crippen molar-refractivity contribution in [3.8, 4) is 0 Å². The number of ether oxygens (including phenoxy) is 1. The van der Waals surface area contributed by atoms with Crippen molar-refractivity contribution in [3.05, 3.63) is 35.0 Å². The van der Waals surface area contributed by atoms with Gasteiger partial charge in [0.05, 0.1) is 19.3 Å². The van der Waals surface area contributed by atoms with Crippen LogP contribution in [0.5, 0.6) is 0 Å². The number of aliphatic hydroxyl groups excluding tert-OH is 1. The molecule has 0 spiro atoms.